The van der Waals surface area contributed by atoms with Crippen LogP contribution in [0.3, 0.4) is 0 Å². The Hall–Kier alpha value is -0.900. The number of rotatable bonds is 0. The molecule has 13 heavy (non-hydrogen) atoms. The third-order valence-corrected chi connectivity index (χ3v) is 1.92. The Kier molecular flexibility index (Phi) is 3.42. The molecule has 0 aliphatic rings. The Balaban J connectivity index is 0.000000396. The van der Waals surface area contributed by atoms with Gasteiger partial charge in [-0.3, -0.25) is 0 Å². The molecule has 0 unspecified atom stereocenters. The van der Waals surface area contributed by atoms with Crippen molar-refractivity contribution in [1.82, 2.24) is 15.0 Å². The monoisotopic (exact) mass is 241 g/mol. The lowest BCUT2D eigenvalue weighted by Crippen LogP contribution is -1.81. The van der Waals surface area contributed by atoms with Crippen LogP contribution in [0, 0.1) is 6.92 Å². The molecule has 2 aromatic heterocycles. The van der Waals surface area contributed by atoms with Gasteiger partial charge >= 0.3 is 0 Å². The Morgan fingerprint density at radius 2 is 2.08 bits per heavy atom. The van der Waals surface area contributed by atoms with Crippen LogP contribution in [0.15, 0.2) is 17.0 Å². The standard InChI is InChI=1S/C7H6BrN3.C2H6/c1-4-2-9-7-6(4)11-5(8)3-10-7;1-2/h2-3H,1H3,(H,9,10);1-2H3. The number of aromatic amines is 1. The molecule has 2 rings (SSSR count). The molecule has 0 fully saturated rings. The van der Waals surface area contributed by atoms with Gasteiger partial charge in [0.2, 0.25) is 0 Å². The number of halogens is 1. The van der Waals surface area contributed by atoms with Crippen molar-refractivity contribution in [2.24, 2.45) is 0 Å². The third kappa shape index (κ3) is 2.06. The zero-order chi connectivity index (χ0) is 9.84. The number of fused-ring (bicyclic) bond motifs is 1. The van der Waals surface area contributed by atoms with E-state index in [0.717, 1.165) is 21.3 Å². The van der Waals surface area contributed by atoms with Crippen LogP contribution < -0.4 is 0 Å². The Morgan fingerprint density at radius 3 is 2.77 bits per heavy atom. The van der Waals surface area contributed by atoms with Crippen molar-refractivity contribution in [3.63, 3.8) is 0 Å². The van der Waals surface area contributed by atoms with Gasteiger partial charge in [-0.25, -0.2) is 9.97 Å². The van der Waals surface area contributed by atoms with Crippen molar-refractivity contribution in [3.8, 4) is 0 Å². The average Bonchev–Trinajstić information content (AvgIpc) is 2.52. The quantitative estimate of drug-likeness (QED) is 0.771. The number of aromatic nitrogens is 3. The molecule has 2 aromatic rings. The Bertz CT molecular complexity index is 395. The van der Waals surface area contributed by atoms with Crippen LogP contribution in [-0.4, -0.2) is 15.0 Å². The summed E-state index contributed by atoms with van der Waals surface area (Å²) in [5.74, 6) is 0. The van der Waals surface area contributed by atoms with Gasteiger partial charge in [0, 0.05) is 6.20 Å². The maximum absolute atomic E-state index is 4.26. The first-order valence-electron chi connectivity index (χ1n) is 4.23. The summed E-state index contributed by atoms with van der Waals surface area (Å²) in [6.45, 7) is 6.00. The maximum atomic E-state index is 4.26. The molecule has 0 saturated heterocycles. The Morgan fingerprint density at radius 1 is 1.38 bits per heavy atom. The molecule has 0 spiro atoms. The van der Waals surface area contributed by atoms with Gasteiger partial charge in [-0.05, 0) is 28.4 Å². The summed E-state index contributed by atoms with van der Waals surface area (Å²) in [5, 5.41) is 0. The first kappa shape index (κ1) is 10.2. The second-order valence-electron chi connectivity index (χ2n) is 2.36. The van der Waals surface area contributed by atoms with E-state index in [9.17, 15) is 0 Å². The molecule has 3 nitrogen and oxygen atoms in total. The molecule has 0 saturated carbocycles. The second-order valence-corrected chi connectivity index (χ2v) is 3.17. The molecule has 0 bridgehead atoms. The first-order valence-corrected chi connectivity index (χ1v) is 5.03. The van der Waals surface area contributed by atoms with E-state index in [2.05, 4.69) is 30.9 Å². The molecule has 4 heteroatoms. The van der Waals surface area contributed by atoms with Gasteiger partial charge in [0.25, 0.3) is 0 Å². The van der Waals surface area contributed by atoms with Gasteiger partial charge in [0.05, 0.1) is 6.20 Å². The minimum Gasteiger partial charge on any atom is -0.345 e. The topological polar surface area (TPSA) is 41.6 Å². The molecular weight excluding hydrogens is 230 g/mol. The van der Waals surface area contributed by atoms with Crippen LogP contribution in [0.2, 0.25) is 0 Å². The molecule has 0 aliphatic heterocycles. The normalized spacial score (nSPS) is 9.54. The van der Waals surface area contributed by atoms with Gasteiger partial charge in [0.1, 0.15) is 10.1 Å². The fraction of sp³-hybridized carbons (Fsp3) is 0.333. The largest absolute Gasteiger partial charge is 0.345 e. The fourth-order valence-electron chi connectivity index (χ4n) is 0.993. The highest BCUT2D eigenvalue weighted by atomic mass is 79.9. The zero-order valence-electron chi connectivity index (χ0n) is 7.93. The third-order valence-electron chi connectivity index (χ3n) is 1.54. The number of H-pyrrole nitrogens is 1. The van der Waals surface area contributed by atoms with Crippen LogP contribution in [0.5, 0.6) is 0 Å². The molecular formula is C9H12BrN3. The zero-order valence-corrected chi connectivity index (χ0v) is 9.51. The van der Waals surface area contributed by atoms with Crippen LogP contribution >= 0.6 is 15.9 Å². The Labute approximate surface area is 85.7 Å². The lowest BCUT2D eigenvalue weighted by Gasteiger charge is -1.89. The summed E-state index contributed by atoms with van der Waals surface area (Å²) in [4.78, 5) is 11.4. The molecule has 2 heterocycles. The van der Waals surface area contributed by atoms with Crippen molar-refractivity contribution in [2.75, 3.05) is 0 Å². The number of nitrogens with zero attached hydrogens (tertiary/aromatic N) is 2. The SMILES string of the molecule is CC.Cc1c[nH]c2ncc(Br)nc12. The summed E-state index contributed by atoms with van der Waals surface area (Å²) in [7, 11) is 0. The van der Waals surface area contributed by atoms with Gasteiger partial charge in [-0.1, -0.05) is 13.8 Å². The molecule has 0 aromatic carbocycles. The molecule has 0 radical (unpaired) electrons. The predicted octanol–water partition coefficient (Wildman–Crippen LogP) is 3.06. The smallest absolute Gasteiger partial charge is 0.156 e. The summed E-state index contributed by atoms with van der Waals surface area (Å²) < 4.78 is 0.771. The first-order chi connectivity index (χ1) is 6.27. The van der Waals surface area contributed by atoms with E-state index in [1.165, 1.54) is 0 Å². The van der Waals surface area contributed by atoms with Crippen LogP contribution in [0.1, 0.15) is 19.4 Å². The van der Waals surface area contributed by atoms with Crippen molar-refractivity contribution in [2.45, 2.75) is 20.8 Å². The van der Waals surface area contributed by atoms with Crippen LogP contribution in [-0.2, 0) is 0 Å². The minimum atomic E-state index is 0.771. The highest BCUT2D eigenvalue weighted by Gasteiger charge is 2.01. The lowest BCUT2D eigenvalue weighted by molar-refractivity contribution is 1.23. The van der Waals surface area contributed by atoms with Crippen molar-refractivity contribution in [1.29, 1.82) is 0 Å². The van der Waals surface area contributed by atoms with E-state index in [4.69, 9.17) is 0 Å². The average molecular weight is 242 g/mol. The van der Waals surface area contributed by atoms with Gasteiger partial charge in [0.15, 0.2) is 5.65 Å². The highest BCUT2D eigenvalue weighted by molar-refractivity contribution is 9.10. The summed E-state index contributed by atoms with van der Waals surface area (Å²) in [6, 6.07) is 0. The van der Waals surface area contributed by atoms with Gasteiger partial charge < -0.3 is 4.98 Å². The molecule has 1 N–H and O–H groups in total. The maximum Gasteiger partial charge on any atom is 0.156 e. The van der Waals surface area contributed by atoms with E-state index >= 15 is 0 Å². The number of nitrogens with one attached hydrogen (secondary N) is 1. The van der Waals surface area contributed by atoms with E-state index in [1.807, 2.05) is 27.0 Å². The van der Waals surface area contributed by atoms with Crippen molar-refractivity contribution in [3.05, 3.63) is 22.6 Å². The van der Waals surface area contributed by atoms with Gasteiger partial charge in [-0.15, -0.1) is 0 Å². The highest BCUT2D eigenvalue weighted by Crippen LogP contribution is 2.14. The van der Waals surface area contributed by atoms with E-state index < -0.39 is 0 Å². The summed E-state index contributed by atoms with van der Waals surface area (Å²) in [6.07, 6.45) is 3.58. The predicted molar refractivity (Wildman–Crippen MR) is 57.7 cm³/mol. The van der Waals surface area contributed by atoms with Crippen molar-refractivity contribution >= 4 is 27.1 Å². The van der Waals surface area contributed by atoms with Gasteiger partial charge in [-0.2, -0.15) is 0 Å². The van der Waals surface area contributed by atoms with E-state index in [0.29, 0.717) is 0 Å². The van der Waals surface area contributed by atoms with Crippen LogP contribution in [0.4, 0.5) is 0 Å². The lowest BCUT2D eigenvalue weighted by atomic mass is 10.3. The van der Waals surface area contributed by atoms with E-state index in [1.54, 1.807) is 6.20 Å². The van der Waals surface area contributed by atoms with Crippen LogP contribution in [0.25, 0.3) is 11.2 Å². The molecule has 0 aliphatic carbocycles. The molecule has 0 amide bonds. The van der Waals surface area contributed by atoms with Crippen molar-refractivity contribution < 1.29 is 0 Å². The number of hydrogen-bond donors (Lipinski definition) is 1. The summed E-state index contributed by atoms with van der Waals surface area (Å²) in [5.41, 5.74) is 2.89. The summed E-state index contributed by atoms with van der Waals surface area (Å²) >= 11 is 3.26. The second kappa shape index (κ2) is 4.37. The van der Waals surface area contributed by atoms with E-state index in [-0.39, 0.29) is 0 Å². The minimum absolute atomic E-state index is 0.771. The number of aryl methyl sites for hydroxylation is 1. The fourth-order valence-corrected chi connectivity index (χ4v) is 1.27. The molecule has 70 valence electrons. The number of hydrogen-bond acceptors (Lipinski definition) is 2. The molecule has 0 atom stereocenters.